The van der Waals surface area contributed by atoms with Crippen molar-refractivity contribution in [3.05, 3.63) is 34.9 Å². The fraction of sp³-hybridized carbons (Fsp3) is 0.300. The minimum Gasteiger partial charge on any atom is -0.314 e. The van der Waals surface area contributed by atoms with Crippen molar-refractivity contribution in [3.8, 4) is 0 Å². The van der Waals surface area contributed by atoms with Gasteiger partial charge in [0.25, 0.3) is 0 Å². The molecule has 1 heterocycles. The minimum absolute atomic E-state index is 0.0882. The molecule has 1 fully saturated rings. The van der Waals surface area contributed by atoms with Crippen LogP contribution in [-0.4, -0.2) is 12.5 Å². The van der Waals surface area contributed by atoms with E-state index in [0.717, 1.165) is 11.8 Å². The number of rotatable bonds is 2. The van der Waals surface area contributed by atoms with Crippen molar-refractivity contribution >= 4 is 17.9 Å². The van der Waals surface area contributed by atoms with Gasteiger partial charge in [-0.3, -0.25) is 0 Å². The third-order valence-electron chi connectivity index (χ3n) is 2.59. The second-order valence-electron chi connectivity index (χ2n) is 3.56. The summed E-state index contributed by atoms with van der Waals surface area (Å²) in [6.45, 7) is 0. The number of halogens is 1. The van der Waals surface area contributed by atoms with Gasteiger partial charge in [0, 0.05) is 5.02 Å². The summed E-state index contributed by atoms with van der Waals surface area (Å²) >= 11 is 5.79. The van der Waals surface area contributed by atoms with Crippen LogP contribution in [0.5, 0.6) is 0 Å². The fourth-order valence-electron chi connectivity index (χ4n) is 1.72. The predicted molar refractivity (Wildman–Crippen MR) is 58.0 cm³/mol. The smallest absolute Gasteiger partial charge is 0.127 e. The number of nitrogens with one attached hydrogen (secondary N) is 2. The molecule has 0 saturated carbocycles. The van der Waals surface area contributed by atoms with Crippen LogP contribution >= 0.6 is 11.6 Å². The van der Waals surface area contributed by atoms with Gasteiger partial charge in [-0.1, -0.05) is 23.7 Å². The van der Waals surface area contributed by atoms with Gasteiger partial charge in [0.05, 0.1) is 18.1 Å². The van der Waals surface area contributed by atoms with Crippen molar-refractivity contribution in [3.63, 3.8) is 0 Å². The lowest BCUT2D eigenvalue weighted by atomic mass is 9.94. The maximum Gasteiger partial charge on any atom is 0.127 e. The lowest BCUT2D eigenvalue weighted by Crippen LogP contribution is -2.39. The molecule has 4 nitrogen and oxygen atoms in total. The second-order valence-corrected chi connectivity index (χ2v) is 3.99. The number of carbonyl (C=O) groups is 1. The molecule has 0 amide bonds. The average Bonchev–Trinajstić information content (AvgIpc) is 2.61. The standard InChI is InChI=1S/C10H12ClN3O/c11-7-3-1-6(2-4-7)9-8(5-15)10(12)14-13-9/h1-5,8-10,13-14H,12H2. The Labute approximate surface area is 92.8 Å². The van der Waals surface area contributed by atoms with E-state index in [1.165, 1.54) is 0 Å². The molecule has 1 aliphatic rings. The average molecular weight is 226 g/mol. The SMILES string of the molecule is NC1NNC(c2ccc(Cl)cc2)C1C=O. The highest BCUT2D eigenvalue weighted by Gasteiger charge is 2.34. The Morgan fingerprint density at radius 1 is 1.27 bits per heavy atom. The minimum atomic E-state index is -0.344. The lowest BCUT2D eigenvalue weighted by molar-refractivity contribution is -0.111. The molecule has 15 heavy (non-hydrogen) atoms. The van der Waals surface area contributed by atoms with Crippen LogP contribution in [0, 0.1) is 5.92 Å². The van der Waals surface area contributed by atoms with Gasteiger partial charge < -0.3 is 10.5 Å². The molecule has 1 aromatic rings. The summed E-state index contributed by atoms with van der Waals surface area (Å²) < 4.78 is 0. The van der Waals surface area contributed by atoms with Crippen LogP contribution in [-0.2, 0) is 4.79 Å². The van der Waals surface area contributed by atoms with Gasteiger partial charge in [-0.15, -0.1) is 0 Å². The molecular weight excluding hydrogens is 214 g/mol. The van der Waals surface area contributed by atoms with E-state index in [1.807, 2.05) is 12.1 Å². The van der Waals surface area contributed by atoms with E-state index in [9.17, 15) is 4.79 Å². The van der Waals surface area contributed by atoms with Crippen molar-refractivity contribution in [2.75, 3.05) is 0 Å². The molecular formula is C10H12ClN3O. The van der Waals surface area contributed by atoms with E-state index < -0.39 is 0 Å². The molecule has 1 aromatic carbocycles. The largest absolute Gasteiger partial charge is 0.314 e. The number of hydrazine groups is 1. The summed E-state index contributed by atoms with van der Waals surface area (Å²) in [5, 5.41) is 0.677. The molecule has 4 N–H and O–H groups in total. The molecule has 0 radical (unpaired) electrons. The Balaban J connectivity index is 2.23. The van der Waals surface area contributed by atoms with E-state index >= 15 is 0 Å². The summed E-state index contributed by atoms with van der Waals surface area (Å²) in [4.78, 5) is 10.9. The molecule has 80 valence electrons. The van der Waals surface area contributed by atoms with E-state index in [1.54, 1.807) is 12.1 Å². The van der Waals surface area contributed by atoms with Gasteiger partial charge in [-0.2, -0.15) is 0 Å². The molecule has 1 saturated heterocycles. The topological polar surface area (TPSA) is 67.2 Å². The maximum atomic E-state index is 10.9. The van der Waals surface area contributed by atoms with Crippen LogP contribution < -0.4 is 16.6 Å². The molecule has 3 atom stereocenters. The van der Waals surface area contributed by atoms with Gasteiger partial charge in [0.2, 0.25) is 0 Å². The molecule has 3 unspecified atom stereocenters. The van der Waals surface area contributed by atoms with Gasteiger partial charge in [0.15, 0.2) is 0 Å². The molecule has 0 aliphatic carbocycles. The third kappa shape index (κ3) is 2.03. The molecule has 0 bridgehead atoms. The number of hydrogen-bond donors (Lipinski definition) is 3. The Kier molecular flexibility index (Phi) is 3.02. The first-order valence-corrected chi connectivity index (χ1v) is 5.07. The lowest BCUT2D eigenvalue weighted by Gasteiger charge is -2.15. The van der Waals surface area contributed by atoms with Crippen LogP contribution in [0.2, 0.25) is 5.02 Å². The zero-order valence-electron chi connectivity index (χ0n) is 7.98. The monoisotopic (exact) mass is 225 g/mol. The number of hydrogen-bond acceptors (Lipinski definition) is 4. The fourth-order valence-corrected chi connectivity index (χ4v) is 1.85. The zero-order valence-corrected chi connectivity index (χ0v) is 8.74. The highest BCUT2D eigenvalue weighted by atomic mass is 35.5. The van der Waals surface area contributed by atoms with Crippen molar-refractivity contribution in [2.45, 2.75) is 12.2 Å². The first-order valence-electron chi connectivity index (χ1n) is 4.70. The molecule has 5 heteroatoms. The Bertz CT molecular complexity index is 354. The quantitative estimate of drug-likeness (QED) is 0.645. The van der Waals surface area contributed by atoms with Crippen molar-refractivity contribution in [2.24, 2.45) is 11.7 Å². The summed E-state index contributed by atoms with van der Waals surface area (Å²) in [7, 11) is 0. The summed E-state index contributed by atoms with van der Waals surface area (Å²) in [6, 6.07) is 7.27. The van der Waals surface area contributed by atoms with Gasteiger partial charge in [0.1, 0.15) is 6.29 Å². The molecule has 0 aromatic heterocycles. The van der Waals surface area contributed by atoms with E-state index in [-0.39, 0.29) is 18.1 Å². The third-order valence-corrected chi connectivity index (χ3v) is 2.84. The molecule has 0 spiro atoms. The number of carbonyl (C=O) groups excluding carboxylic acids is 1. The number of benzene rings is 1. The number of nitrogens with two attached hydrogens (primary N) is 1. The van der Waals surface area contributed by atoms with Crippen LogP contribution in [0.3, 0.4) is 0 Å². The second kappa shape index (κ2) is 4.28. The maximum absolute atomic E-state index is 10.9. The van der Waals surface area contributed by atoms with Crippen molar-refractivity contribution < 1.29 is 4.79 Å². The van der Waals surface area contributed by atoms with E-state index in [4.69, 9.17) is 17.3 Å². The Morgan fingerprint density at radius 3 is 2.53 bits per heavy atom. The van der Waals surface area contributed by atoms with Crippen LogP contribution in [0.4, 0.5) is 0 Å². The van der Waals surface area contributed by atoms with Gasteiger partial charge in [-0.25, -0.2) is 10.9 Å². The highest BCUT2D eigenvalue weighted by Crippen LogP contribution is 2.26. The Hall–Kier alpha value is -0.940. The zero-order chi connectivity index (χ0) is 10.8. The number of aldehydes is 1. The van der Waals surface area contributed by atoms with Crippen molar-refractivity contribution in [1.29, 1.82) is 0 Å². The highest BCUT2D eigenvalue weighted by molar-refractivity contribution is 6.30. The van der Waals surface area contributed by atoms with Crippen LogP contribution in [0.15, 0.2) is 24.3 Å². The normalized spacial score (nSPS) is 30.4. The van der Waals surface area contributed by atoms with Crippen LogP contribution in [0.25, 0.3) is 0 Å². The predicted octanol–water partition coefficient (Wildman–Crippen LogP) is 0.589. The summed E-state index contributed by atoms with van der Waals surface area (Å²) in [6.07, 6.45) is 0.528. The van der Waals surface area contributed by atoms with Crippen LogP contribution in [0.1, 0.15) is 11.6 Å². The van der Waals surface area contributed by atoms with E-state index in [0.29, 0.717) is 5.02 Å². The molecule has 2 rings (SSSR count). The van der Waals surface area contributed by atoms with E-state index in [2.05, 4.69) is 10.9 Å². The van der Waals surface area contributed by atoms with Crippen molar-refractivity contribution in [1.82, 2.24) is 10.9 Å². The van der Waals surface area contributed by atoms with Gasteiger partial charge >= 0.3 is 0 Å². The summed E-state index contributed by atoms with van der Waals surface area (Å²) in [5.74, 6) is -0.258. The first-order chi connectivity index (χ1) is 7.22. The first kappa shape index (κ1) is 10.6. The van der Waals surface area contributed by atoms with Gasteiger partial charge in [-0.05, 0) is 17.7 Å². The summed E-state index contributed by atoms with van der Waals surface area (Å²) in [5.41, 5.74) is 12.6. The molecule has 1 aliphatic heterocycles. The Morgan fingerprint density at radius 2 is 1.93 bits per heavy atom.